The lowest BCUT2D eigenvalue weighted by Gasteiger charge is -2.09. The molecule has 3 nitrogen and oxygen atoms in total. The Morgan fingerprint density at radius 3 is 2.42 bits per heavy atom. The maximum atomic E-state index is 11.5. The maximum Gasteiger partial charge on any atom is 0.175 e. The lowest BCUT2D eigenvalue weighted by atomic mass is 10.2. The first-order valence-electron chi connectivity index (χ1n) is 5.63. The highest BCUT2D eigenvalue weighted by molar-refractivity contribution is 9.10. The van der Waals surface area contributed by atoms with Crippen LogP contribution in [0.25, 0.3) is 0 Å². The summed E-state index contributed by atoms with van der Waals surface area (Å²) in [6, 6.07) is 14.5. The molecule has 0 spiro atoms. The molecule has 2 rings (SSSR count). The predicted octanol–water partition coefficient (Wildman–Crippen LogP) is 3.43. The van der Waals surface area contributed by atoms with Crippen molar-refractivity contribution in [1.82, 2.24) is 0 Å². The lowest BCUT2D eigenvalue weighted by molar-refractivity contribution is 0.303. The summed E-state index contributed by atoms with van der Waals surface area (Å²) in [7, 11) is -3.23. The molecule has 0 heterocycles. The van der Waals surface area contributed by atoms with Crippen LogP contribution in [0.2, 0.25) is 0 Å². The van der Waals surface area contributed by atoms with Crippen LogP contribution in [0.5, 0.6) is 5.75 Å². The van der Waals surface area contributed by atoms with E-state index in [1.54, 1.807) is 12.1 Å². The van der Waals surface area contributed by atoms with E-state index in [1.165, 1.54) is 12.3 Å². The van der Waals surface area contributed by atoms with E-state index in [9.17, 15) is 8.42 Å². The van der Waals surface area contributed by atoms with Gasteiger partial charge in [-0.25, -0.2) is 8.42 Å². The highest BCUT2D eigenvalue weighted by Gasteiger charge is 2.10. The van der Waals surface area contributed by atoms with Gasteiger partial charge >= 0.3 is 0 Å². The minimum absolute atomic E-state index is 0.249. The third kappa shape index (κ3) is 3.81. The largest absolute Gasteiger partial charge is 0.488 e. The first-order valence-corrected chi connectivity index (χ1v) is 8.31. The molecule has 0 fully saturated rings. The molecule has 0 aromatic heterocycles. The van der Waals surface area contributed by atoms with Crippen LogP contribution in [-0.4, -0.2) is 14.7 Å². The SMILES string of the molecule is CS(=O)(=O)c1ccc(Br)c(OCc2ccccc2)c1. The van der Waals surface area contributed by atoms with Crippen LogP contribution in [0.1, 0.15) is 5.56 Å². The zero-order valence-electron chi connectivity index (χ0n) is 10.3. The fourth-order valence-electron chi connectivity index (χ4n) is 1.56. The molecule has 0 amide bonds. The van der Waals surface area contributed by atoms with Crippen LogP contribution in [0, 0.1) is 0 Å². The van der Waals surface area contributed by atoms with E-state index in [2.05, 4.69) is 15.9 Å². The zero-order valence-corrected chi connectivity index (χ0v) is 12.7. The van der Waals surface area contributed by atoms with E-state index >= 15 is 0 Å². The fourth-order valence-corrected chi connectivity index (χ4v) is 2.56. The molecule has 0 aliphatic carbocycles. The number of rotatable bonds is 4. The average Bonchev–Trinajstić information content (AvgIpc) is 2.37. The fraction of sp³-hybridized carbons (Fsp3) is 0.143. The van der Waals surface area contributed by atoms with Crippen molar-refractivity contribution in [3.8, 4) is 5.75 Å². The molecule has 0 saturated carbocycles. The summed E-state index contributed by atoms with van der Waals surface area (Å²) in [6.07, 6.45) is 1.18. The molecule has 0 radical (unpaired) electrons. The molecule has 0 bridgehead atoms. The average molecular weight is 341 g/mol. The molecule has 0 aliphatic heterocycles. The van der Waals surface area contributed by atoms with Crippen LogP contribution in [0.3, 0.4) is 0 Å². The second kappa shape index (κ2) is 5.75. The van der Waals surface area contributed by atoms with E-state index in [0.717, 1.165) is 10.0 Å². The van der Waals surface area contributed by atoms with Gasteiger partial charge < -0.3 is 4.74 Å². The number of hydrogen-bond acceptors (Lipinski definition) is 3. The molecule has 2 aromatic carbocycles. The lowest BCUT2D eigenvalue weighted by Crippen LogP contribution is -2.00. The quantitative estimate of drug-likeness (QED) is 0.856. The Labute approximate surface area is 121 Å². The number of sulfone groups is 1. The topological polar surface area (TPSA) is 43.4 Å². The summed E-state index contributed by atoms with van der Waals surface area (Å²) in [4.78, 5) is 0.249. The molecule has 100 valence electrons. The normalized spacial score (nSPS) is 11.3. The van der Waals surface area contributed by atoms with Gasteiger partial charge in [0.25, 0.3) is 0 Å². The Morgan fingerprint density at radius 1 is 1.11 bits per heavy atom. The van der Waals surface area contributed by atoms with E-state index in [4.69, 9.17) is 4.74 Å². The van der Waals surface area contributed by atoms with Gasteiger partial charge in [-0.1, -0.05) is 30.3 Å². The van der Waals surface area contributed by atoms with Crippen molar-refractivity contribution in [3.63, 3.8) is 0 Å². The van der Waals surface area contributed by atoms with Gasteiger partial charge in [0.15, 0.2) is 9.84 Å². The van der Waals surface area contributed by atoms with Crippen molar-refractivity contribution < 1.29 is 13.2 Å². The maximum absolute atomic E-state index is 11.5. The van der Waals surface area contributed by atoms with Crippen LogP contribution in [0.15, 0.2) is 57.9 Å². The molecule has 5 heteroatoms. The molecular formula is C14H13BrO3S. The Kier molecular flexibility index (Phi) is 4.27. The standard InChI is InChI=1S/C14H13BrO3S/c1-19(16,17)12-7-8-13(15)14(9-12)18-10-11-5-3-2-4-6-11/h2-9H,10H2,1H3. The minimum Gasteiger partial charge on any atom is -0.488 e. The number of benzene rings is 2. The molecule has 19 heavy (non-hydrogen) atoms. The summed E-state index contributed by atoms with van der Waals surface area (Å²) < 4.78 is 29.4. The van der Waals surface area contributed by atoms with Gasteiger partial charge in [-0.05, 0) is 39.7 Å². The Balaban J connectivity index is 2.21. The Morgan fingerprint density at radius 2 is 1.79 bits per heavy atom. The highest BCUT2D eigenvalue weighted by atomic mass is 79.9. The summed E-state index contributed by atoms with van der Waals surface area (Å²) in [5.41, 5.74) is 1.03. The molecule has 0 saturated heterocycles. The van der Waals surface area contributed by atoms with Crippen molar-refractivity contribution in [2.75, 3.05) is 6.26 Å². The van der Waals surface area contributed by atoms with E-state index in [-0.39, 0.29) is 4.90 Å². The van der Waals surface area contributed by atoms with Gasteiger partial charge in [0.1, 0.15) is 12.4 Å². The van der Waals surface area contributed by atoms with E-state index < -0.39 is 9.84 Å². The van der Waals surface area contributed by atoms with Gasteiger partial charge in [0.05, 0.1) is 9.37 Å². The van der Waals surface area contributed by atoms with Gasteiger partial charge in [-0.2, -0.15) is 0 Å². The third-order valence-electron chi connectivity index (χ3n) is 2.57. The Hall–Kier alpha value is -1.33. The second-order valence-corrected chi connectivity index (χ2v) is 7.01. The highest BCUT2D eigenvalue weighted by Crippen LogP contribution is 2.28. The molecular weight excluding hydrogens is 328 g/mol. The number of ether oxygens (including phenoxy) is 1. The van der Waals surface area contributed by atoms with Crippen LogP contribution in [-0.2, 0) is 16.4 Å². The van der Waals surface area contributed by atoms with Crippen molar-refractivity contribution >= 4 is 25.8 Å². The number of hydrogen-bond donors (Lipinski definition) is 0. The van der Waals surface area contributed by atoms with Crippen molar-refractivity contribution in [1.29, 1.82) is 0 Å². The van der Waals surface area contributed by atoms with E-state index in [0.29, 0.717) is 12.4 Å². The molecule has 0 N–H and O–H groups in total. The van der Waals surface area contributed by atoms with Crippen LogP contribution in [0.4, 0.5) is 0 Å². The summed E-state index contributed by atoms with van der Waals surface area (Å²) in [6.45, 7) is 0.395. The van der Waals surface area contributed by atoms with Gasteiger partial charge in [-0.15, -0.1) is 0 Å². The van der Waals surface area contributed by atoms with E-state index in [1.807, 2.05) is 30.3 Å². The van der Waals surface area contributed by atoms with Crippen LogP contribution >= 0.6 is 15.9 Å². The smallest absolute Gasteiger partial charge is 0.175 e. The molecule has 0 unspecified atom stereocenters. The first kappa shape index (κ1) is 14.1. The van der Waals surface area contributed by atoms with Crippen LogP contribution < -0.4 is 4.74 Å². The summed E-state index contributed by atoms with van der Waals surface area (Å²) >= 11 is 3.35. The van der Waals surface area contributed by atoms with Gasteiger partial charge in [0, 0.05) is 6.26 Å². The monoisotopic (exact) mass is 340 g/mol. The number of halogens is 1. The molecule has 2 aromatic rings. The summed E-state index contributed by atoms with van der Waals surface area (Å²) in [5, 5.41) is 0. The second-order valence-electron chi connectivity index (χ2n) is 4.14. The summed E-state index contributed by atoms with van der Waals surface area (Å²) in [5.74, 6) is 0.520. The molecule has 0 atom stereocenters. The van der Waals surface area contributed by atoms with Gasteiger partial charge in [0.2, 0.25) is 0 Å². The zero-order chi connectivity index (χ0) is 13.9. The Bertz CT molecular complexity index is 666. The first-order chi connectivity index (χ1) is 8.97. The predicted molar refractivity (Wildman–Crippen MR) is 78.0 cm³/mol. The van der Waals surface area contributed by atoms with Gasteiger partial charge in [-0.3, -0.25) is 0 Å². The van der Waals surface area contributed by atoms with Crippen molar-refractivity contribution in [2.24, 2.45) is 0 Å². The minimum atomic E-state index is -3.23. The van der Waals surface area contributed by atoms with Crippen molar-refractivity contribution in [3.05, 3.63) is 58.6 Å². The van der Waals surface area contributed by atoms with Crippen molar-refractivity contribution in [2.45, 2.75) is 11.5 Å². The molecule has 0 aliphatic rings. The third-order valence-corrected chi connectivity index (χ3v) is 4.33.